The number of carbonyl (C=O) groups is 1. The topological polar surface area (TPSA) is 32.3 Å². The average Bonchev–Trinajstić information content (AvgIpc) is 2.74. The number of nitrogens with zero attached hydrogens (tertiary/aromatic N) is 1. The summed E-state index contributed by atoms with van der Waals surface area (Å²) >= 11 is 0. The predicted molar refractivity (Wildman–Crippen MR) is 64.0 cm³/mol. The van der Waals surface area contributed by atoms with Crippen LogP contribution in [0.5, 0.6) is 0 Å². The molecule has 1 aliphatic rings. The third-order valence-electron chi connectivity index (χ3n) is 3.00. The highest BCUT2D eigenvalue weighted by Gasteiger charge is 2.22. The molecule has 0 saturated carbocycles. The van der Waals surface area contributed by atoms with Crippen molar-refractivity contribution in [2.45, 2.75) is 19.9 Å². The first-order valence-corrected chi connectivity index (χ1v) is 5.82. The predicted octanol–water partition coefficient (Wildman–Crippen LogP) is 2.24. The quantitative estimate of drug-likeness (QED) is 0.811. The lowest BCUT2D eigenvalue weighted by atomic mass is 10.2. The molecule has 1 N–H and O–H groups in total. The molecule has 1 saturated heterocycles. The standard InChI is InChI=1S/C13H18N2O/c1-11-7-8-15(10-11)13(16)14-9-12-5-3-2-4-6-12/h2-6,11H,7-10H2,1H3,(H,14,16). The van der Waals surface area contributed by atoms with Crippen LogP contribution < -0.4 is 5.32 Å². The van der Waals surface area contributed by atoms with Gasteiger partial charge in [0, 0.05) is 19.6 Å². The number of benzene rings is 1. The lowest BCUT2D eigenvalue weighted by molar-refractivity contribution is 0.207. The Kier molecular flexibility index (Phi) is 3.44. The number of urea groups is 1. The van der Waals surface area contributed by atoms with E-state index in [-0.39, 0.29) is 6.03 Å². The molecule has 1 unspecified atom stereocenters. The van der Waals surface area contributed by atoms with E-state index in [1.807, 2.05) is 35.2 Å². The van der Waals surface area contributed by atoms with Crippen molar-refractivity contribution in [3.63, 3.8) is 0 Å². The summed E-state index contributed by atoms with van der Waals surface area (Å²) in [5.74, 6) is 0.641. The lowest BCUT2D eigenvalue weighted by Crippen LogP contribution is -2.37. The SMILES string of the molecule is CC1CCN(C(=O)NCc2ccccc2)C1. The first-order valence-electron chi connectivity index (χ1n) is 5.82. The molecule has 2 rings (SSSR count). The van der Waals surface area contributed by atoms with Gasteiger partial charge < -0.3 is 10.2 Å². The fourth-order valence-corrected chi connectivity index (χ4v) is 2.00. The van der Waals surface area contributed by atoms with Crippen molar-refractivity contribution < 1.29 is 4.79 Å². The molecule has 1 atom stereocenters. The van der Waals surface area contributed by atoms with Crippen LogP contribution in [-0.2, 0) is 6.54 Å². The summed E-state index contributed by atoms with van der Waals surface area (Å²) in [5, 5.41) is 2.95. The molecule has 2 amide bonds. The van der Waals surface area contributed by atoms with Crippen LogP contribution in [0.1, 0.15) is 18.9 Å². The summed E-state index contributed by atoms with van der Waals surface area (Å²) in [7, 11) is 0. The van der Waals surface area contributed by atoms with Crippen LogP contribution in [0.3, 0.4) is 0 Å². The van der Waals surface area contributed by atoms with Crippen LogP contribution in [0.25, 0.3) is 0 Å². The highest BCUT2D eigenvalue weighted by atomic mass is 16.2. The van der Waals surface area contributed by atoms with Crippen LogP contribution >= 0.6 is 0 Å². The van der Waals surface area contributed by atoms with Gasteiger partial charge in [0.05, 0.1) is 0 Å². The molecule has 0 radical (unpaired) electrons. The molecule has 0 bridgehead atoms. The Balaban J connectivity index is 1.80. The molecule has 1 aromatic rings. The lowest BCUT2D eigenvalue weighted by Gasteiger charge is -2.16. The molecule has 1 aliphatic heterocycles. The summed E-state index contributed by atoms with van der Waals surface area (Å²) in [6.07, 6.45) is 1.12. The molecule has 1 fully saturated rings. The highest BCUT2D eigenvalue weighted by Crippen LogP contribution is 2.14. The van der Waals surface area contributed by atoms with E-state index in [1.165, 1.54) is 0 Å². The maximum absolute atomic E-state index is 11.8. The zero-order valence-electron chi connectivity index (χ0n) is 9.65. The maximum Gasteiger partial charge on any atom is 0.317 e. The van der Waals surface area contributed by atoms with Gasteiger partial charge in [0.2, 0.25) is 0 Å². The van der Waals surface area contributed by atoms with Gasteiger partial charge in [0.15, 0.2) is 0 Å². The normalized spacial score (nSPS) is 19.8. The van der Waals surface area contributed by atoms with E-state index >= 15 is 0 Å². The minimum atomic E-state index is 0.0632. The summed E-state index contributed by atoms with van der Waals surface area (Å²) in [4.78, 5) is 13.7. The van der Waals surface area contributed by atoms with Crippen LogP contribution in [0, 0.1) is 5.92 Å². The van der Waals surface area contributed by atoms with E-state index in [4.69, 9.17) is 0 Å². The fourth-order valence-electron chi connectivity index (χ4n) is 2.00. The zero-order valence-corrected chi connectivity index (χ0v) is 9.65. The van der Waals surface area contributed by atoms with Crippen LogP contribution in [0.4, 0.5) is 4.79 Å². The Bertz CT molecular complexity index is 350. The van der Waals surface area contributed by atoms with Gasteiger partial charge in [-0.05, 0) is 17.9 Å². The van der Waals surface area contributed by atoms with Gasteiger partial charge in [-0.3, -0.25) is 0 Å². The Morgan fingerprint density at radius 1 is 1.44 bits per heavy atom. The van der Waals surface area contributed by atoms with E-state index in [0.717, 1.165) is 25.1 Å². The minimum absolute atomic E-state index is 0.0632. The van der Waals surface area contributed by atoms with E-state index < -0.39 is 0 Å². The molecular formula is C13H18N2O. The Hall–Kier alpha value is -1.51. The average molecular weight is 218 g/mol. The summed E-state index contributed by atoms with van der Waals surface area (Å²) in [6.45, 7) is 4.58. The second-order valence-electron chi connectivity index (χ2n) is 4.48. The van der Waals surface area contributed by atoms with E-state index in [9.17, 15) is 4.79 Å². The second kappa shape index (κ2) is 5.01. The summed E-state index contributed by atoms with van der Waals surface area (Å²) in [5.41, 5.74) is 1.14. The Morgan fingerprint density at radius 2 is 2.19 bits per heavy atom. The number of amides is 2. The molecule has 16 heavy (non-hydrogen) atoms. The Morgan fingerprint density at radius 3 is 2.81 bits per heavy atom. The summed E-state index contributed by atoms with van der Waals surface area (Å²) in [6, 6.07) is 10.1. The Labute approximate surface area is 96.5 Å². The van der Waals surface area contributed by atoms with Gasteiger partial charge in [0.1, 0.15) is 0 Å². The molecule has 1 heterocycles. The van der Waals surface area contributed by atoms with Crippen LogP contribution in [-0.4, -0.2) is 24.0 Å². The van der Waals surface area contributed by atoms with Crippen LogP contribution in [0.15, 0.2) is 30.3 Å². The second-order valence-corrected chi connectivity index (χ2v) is 4.48. The van der Waals surface area contributed by atoms with Crippen molar-refractivity contribution in [3.05, 3.63) is 35.9 Å². The van der Waals surface area contributed by atoms with Gasteiger partial charge >= 0.3 is 6.03 Å². The van der Waals surface area contributed by atoms with E-state index in [1.54, 1.807) is 0 Å². The maximum atomic E-state index is 11.8. The van der Waals surface area contributed by atoms with Crippen molar-refractivity contribution >= 4 is 6.03 Å². The number of nitrogens with one attached hydrogen (secondary N) is 1. The molecule has 3 nitrogen and oxygen atoms in total. The first-order chi connectivity index (χ1) is 7.75. The van der Waals surface area contributed by atoms with Gasteiger partial charge in [-0.2, -0.15) is 0 Å². The van der Waals surface area contributed by atoms with Crippen molar-refractivity contribution in [3.8, 4) is 0 Å². The molecule has 86 valence electrons. The van der Waals surface area contributed by atoms with Gasteiger partial charge in [0.25, 0.3) is 0 Å². The molecule has 0 aromatic heterocycles. The molecule has 1 aromatic carbocycles. The minimum Gasteiger partial charge on any atom is -0.334 e. The van der Waals surface area contributed by atoms with Crippen molar-refractivity contribution in [1.82, 2.24) is 10.2 Å². The number of rotatable bonds is 2. The van der Waals surface area contributed by atoms with E-state index in [0.29, 0.717) is 12.5 Å². The largest absolute Gasteiger partial charge is 0.334 e. The third-order valence-corrected chi connectivity index (χ3v) is 3.00. The number of carbonyl (C=O) groups excluding carboxylic acids is 1. The molecule has 0 aliphatic carbocycles. The van der Waals surface area contributed by atoms with Crippen molar-refractivity contribution in [2.24, 2.45) is 5.92 Å². The zero-order chi connectivity index (χ0) is 11.4. The molecule has 3 heteroatoms. The van der Waals surface area contributed by atoms with Gasteiger partial charge in [-0.25, -0.2) is 4.79 Å². The monoisotopic (exact) mass is 218 g/mol. The summed E-state index contributed by atoms with van der Waals surface area (Å²) < 4.78 is 0. The smallest absolute Gasteiger partial charge is 0.317 e. The third kappa shape index (κ3) is 2.75. The first kappa shape index (κ1) is 11.0. The number of hydrogen-bond acceptors (Lipinski definition) is 1. The number of hydrogen-bond donors (Lipinski definition) is 1. The van der Waals surface area contributed by atoms with Gasteiger partial charge in [-0.15, -0.1) is 0 Å². The number of likely N-dealkylation sites (tertiary alicyclic amines) is 1. The molecular weight excluding hydrogens is 200 g/mol. The highest BCUT2D eigenvalue weighted by molar-refractivity contribution is 5.74. The fraction of sp³-hybridized carbons (Fsp3) is 0.462. The van der Waals surface area contributed by atoms with Crippen LogP contribution in [0.2, 0.25) is 0 Å². The van der Waals surface area contributed by atoms with Gasteiger partial charge in [-0.1, -0.05) is 37.3 Å². The molecule has 0 spiro atoms. The van der Waals surface area contributed by atoms with Crippen molar-refractivity contribution in [2.75, 3.05) is 13.1 Å². The van der Waals surface area contributed by atoms with Crippen molar-refractivity contribution in [1.29, 1.82) is 0 Å². The van der Waals surface area contributed by atoms with E-state index in [2.05, 4.69) is 12.2 Å².